The highest BCUT2D eigenvalue weighted by atomic mass is 16.2. The Hall–Kier alpha value is -0.570. The van der Waals surface area contributed by atoms with Gasteiger partial charge in [-0.1, -0.05) is 6.92 Å². The lowest BCUT2D eigenvalue weighted by molar-refractivity contribution is -0.131. The third kappa shape index (κ3) is 2.50. The van der Waals surface area contributed by atoms with Gasteiger partial charge in [-0.05, 0) is 6.42 Å². The minimum Gasteiger partial charge on any atom is -0.340 e. The van der Waals surface area contributed by atoms with Crippen LogP contribution in [0.4, 0.5) is 0 Å². The smallest absolute Gasteiger partial charge is 0.222 e. The lowest BCUT2D eigenvalue weighted by Crippen LogP contribution is -2.46. The molecule has 0 aliphatic carbocycles. The molecule has 1 amide bonds. The van der Waals surface area contributed by atoms with Gasteiger partial charge in [0, 0.05) is 32.6 Å². The first-order valence-corrected chi connectivity index (χ1v) is 4.33. The zero-order chi connectivity index (χ0) is 8.10. The highest BCUT2D eigenvalue weighted by Gasteiger charge is 2.14. The first-order chi connectivity index (χ1) is 5.34. The number of amides is 1. The van der Waals surface area contributed by atoms with E-state index in [9.17, 15) is 4.79 Å². The van der Waals surface area contributed by atoms with Crippen LogP contribution in [-0.4, -0.2) is 37.0 Å². The number of carbonyl (C=O) groups excluding carboxylic acids is 1. The maximum absolute atomic E-state index is 11.3. The standard InChI is InChI=1S/C8H16N2O/c1-2-3-8(11)10-6-4-9-5-7-10/h9H,2-7H2,1H3. The van der Waals surface area contributed by atoms with Crippen molar-refractivity contribution in [1.82, 2.24) is 10.2 Å². The summed E-state index contributed by atoms with van der Waals surface area (Å²) >= 11 is 0. The molecule has 0 spiro atoms. The van der Waals surface area contributed by atoms with E-state index in [2.05, 4.69) is 5.32 Å². The molecule has 0 unspecified atom stereocenters. The van der Waals surface area contributed by atoms with Crippen molar-refractivity contribution in [3.05, 3.63) is 0 Å². The molecule has 11 heavy (non-hydrogen) atoms. The summed E-state index contributed by atoms with van der Waals surface area (Å²) in [5, 5.41) is 3.22. The Morgan fingerprint density at radius 3 is 2.64 bits per heavy atom. The average molecular weight is 156 g/mol. The molecule has 0 bridgehead atoms. The molecule has 0 aromatic rings. The first kappa shape index (κ1) is 8.53. The van der Waals surface area contributed by atoms with E-state index in [0.717, 1.165) is 32.6 Å². The van der Waals surface area contributed by atoms with Crippen LogP contribution in [-0.2, 0) is 4.79 Å². The number of nitrogens with zero attached hydrogens (tertiary/aromatic N) is 1. The molecule has 0 atom stereocenters. The predicted octanol–water partition coefficient (Wildman–Crippen LogP) is 0.218. The Balaban J connectivity index is 2.27. The largest absolute Gasteiger partial charge is 0.340 e. The van der Waals surface area contributed by atoms with Gasteiger partial charge in [-0.2, -0.15) is 0 Å². The monoisotopic (exact) mass is 156 g/mol. The van der Waals surface area contributed by atoms with Crippen molar-refractivity contribution in [2.75, 3.05) is 26.2 Å². The van der Waals surface area contributed by atoms with Crippen molar-refractivity contribution in [1.29, 1.82) is 0 Å². The van der Waals surface area contributed by atoms with Crippen LogP contribution in [0.15, 0.2) is 0 Å². The summed E-state index contributed by atoms with van der Waals surface area (Å²) in [5.74, 6) is 0.314. The van der Waals surface area contributed by atoms with Crippen LogP contribution in [0.2, 0.25) is 0 Å². The van der Waals surface area contributed by atoms with Crippen LogP contribution in [0.25, 0.3) is 0 Å². The summed E-state index contributed by atoms with van der Waals surface area (Å²) in [6.07, 6.45) is 1.67. The number of rotatable bonds is 2. The number of nitrogens with one attached hydrogen (secondary N) is 1. The Labute approximate surface area is 67.8 Å². The summed E-state index contributed by atoms with van der Waals surface area (Å²) in [4.78, 5) is 13.2. The first-order valence-electron chi connectivity index (χ1n) is 4.33. The molecule has 3 nitrogen and oxygen atoms in total. The fourth-order valence-electron chi connectivity index (χ4n) is 1.29. The van der Waals surface area contributed by atoms with E-state index in [-0.39, 0.29) is 0 Å². The van der Waals surface area contributed by atoms with Crippen molar-refractivity contribution >= 4 is 5.91 Å². The summed E-state index contributed by atoms with van der Waals surface area (Å²) in [6, 6.07) is 0. The van der Waals surface area contributed by atoms with Gasteiger partial charge in [0.1, 0.15) is 0 Å². The van der Waals surface area contributed by atoms with E-state index < -0.39 is 0 Å². The second-order valence-corrected chi connectivity index (χ2v) is 2.88. The summed E-state index contributed by atoms with van der Waals surface area (Å²) in [5.41, 5.74) is 0. The molecule has 64 valence electrons. The zero-order valence-electron chi connectivity index (χ0n) is 7.10. The summed E-state index contributed by atoms with van der Waals surface area (Å²) in [7, 11) is 0. The molecule has 1 rings (SSSR count). The van der Waals surface area contributed by atoms with Crippen molar-refractivity contribution in [2.24, 2.45) is 0 Å². The van der Waals surface area contributed by atoms with Gasteiger partial charge in [0.25, 0.3) is 0 Å². The predicted molar refractivity (Wildman–Crippen MR) is 44.4 cm³/mol. The number of hydrogen-bond donors (Lipinski definition) is 1. The highest BCUT2D eigenvalue weighted by molar-refractivity contribution is 5.76. The zero-order valence-corrected chi connectivity index (χ0v) is 7.10. The Morgan fingerprint density at radius 1 is 1.45 bits per heavy atom. The number of carbonyl (C=O) groups is 1. The normalized spacial score (nSPS) is 18.5. The molecule has 1 aliphatic heterocycles. The Morgan fingerprint density at radius 2 is 2.09 bits per heavy atom. The molecule has 1 aliphatic rings. The lowest BCUT2D eigenvalue weighted by Gasteiger charge is -2.27. The van der Waals surface area contributed by atoms with Crippen LogP contribution in [0.5, 0.6) is 0 Å². The van der Waals surface area contributed by atoms with Gasteiger partial charge in [-0.25, -0.2) is 0 Å². The van der Waals surface area contributed by atoms with Gasteiger partial charge in [-0.15, -0.1) is 0 Å². The Bertz CT molecular complexity index is 130. The van der Waals surface area contributed by atoms with Crippen molar-refractivity contribution in [3.8, 4) is 0 Å². The Kier molecular flexibility index (Phi) is 3.36. The van der Waals surface area contributed by atoms with Crippen LogP contribution in [0, 0.1) is 0 Å². The summed E-state index contributed by atoms with van der Waals surface area (Å²) in [6.45, 7) is 5.72. The molecule has 1 fully saturated rings. The van der Waals surface area contributed by atoms with Crippen LogP contribution in [0.3, 0.4) is 0 Å². The second kappa shape index (κ2) is 4.34. The third-order valence-electron chi connectivity index (χ3n) is 1.93. The molecule has 3 heteroatoms. The number of hydrogen-bond acceptors (Lipinski definition) is 2. The van der Waals surface area contributed by atoms with Gasteiger partial charge >= 0.3 is 0 Å². The molecule has 1 heterocycles. The van der Waals surface area contributed by atoms with E-state index >= 15 is 0 Å². The van der Waals surface area contributed by atoms with Gasteiger partial charge in [-0.3, -0.25) is 4.79 Å². The highest BCUT2D eigenvalue weighted by Crippen LogP contribution is 1.98. The van der Waals surface area contributed by atoms with Gasteiger partial charge in [0.15, 0.2) is 0 Å². The van der Waals surface area contributed by atoms with E-state index in [1.807, 2.05) is 11.8 Å². The van der Waals surface area contributed by atoms with Crippen molar-refractivity contribution < 1.29 is 4.79 Å². The molecule has 0 aromatic heterocycles. The molecule has 0 radical (unpaired) electrons. The SMILES string of the molecule is CCCC(=O)N1CCNCC1. The van der Waals surface area contributed by atoms with Gasteiger partial charge in [0.2, 0.25) is 5.91 Å². The molecule has 0 saturated carbocycles. The van der Waals surface area contributed by atoms with E-state index in [1.165, 1.54) is 0 Å². The van der Waals surface area contributed by atoms with E-state index in [0.29, 0.717) is 12.3 Å². The van der Waals surface area contributed by atoms with Crippen molar-refractivity contribution in [3.63, 3.8) is 0 Å². The molecule has 1 N–H and O–H groups in total. The minimum atomic E-state index is 0.314. The molecule has 0 aromatic carbocycles. The third-order valence-corrected chi connectivity index (χ3v) is 1.93. The van der Waals surface area contributed by atoms with E-state index in [1.54, 1.807) is 0 Å². The fraction of sp³-hybridized carbons (Fsp3) is 0.875. The van der Waals surface area contributed by atoms with Crippen molar-refractivity contribution in [2.45, 2.75) is 19.8 Å². The second-order valence-electron chi connectivity index (χ2n) is 2.88. The number of piperazine rings is 1. The topological polar surface area (TPSA) is 32.3 Å². The van der Waals surface area contributed by atoms with E-state index in [4.69, 9.17) is 0 Å². The maximum Gasteiger partial charge on any atom is 0.222 e. The van der Waals surface area contributed by atoms with Crippen LogP contribution < -0.4 is 5.32 Å². The van der Waals surface area contributed by atoms with Crippen LogP contribution >= 0.6 is 0 Å². The minimum absolute atomic E-state index is 0.314. The summed E-state index contributed by atoms with van der Waals surface area (Å²) < 4.78 is 0. The van der Waals surface area contributed by atoms with Gasteiger partial charge < -0.3 is 10.2 Å². The lowest BCUT2D eigenvalue weighted by atomic mass is 10.2. The van der Waals surface area contributed by atoms with Crippen LogP contribution in [0.1, 0.15) is 19.8 Å². The quantitative estimate of drug-likeness (QED) is 0.620. The molecular formula is C8H16N2O. The average Bonchev–Trinajstić information content (AvgIpc) is 2.07. The molecule has 1 saturated heterocycles. The molecular weight excluding hydrogens is 140 g/mol. The van der Waals surface area contributed by atoms with Gasteiger partial charge in [0.05, 0.1) is 0 Å². The maximum atomic E-state index is 11.3. The fourth-order valence-corrected chi connectivity index (χ4v) is 1.29.